The molecule has 0 aliphatic carbocycles. The van der Waals surface area contributed by atoms with Crippen molar-refractivity contribution in [3.8, 4) is 11.3 Å². The van der Waals surface area contributed by atoms with Gasteiger partial charge >= 0.3 is 6.09 Å². The number of hydrogen-bond donors (Lipinski definition) is 7. The van der Waals surface area contributed by atoms with Crippen molar-refractivity contribution < 1.29 is 57.0 Å². The summed E-state index contributed by atoms with van der Waals surface area (Å²) in [4.78, 5) is 106. The Morgan fingerprint density at radius 2 is 1.56 bits per heavy atom. The molecule has 8 N–H and O–H groups in total. The molecule has 0 radical (unpaired) electrons. The van der Waals surface area contributed by atoms with Crippen molar-refractivity contribution in [2.45, 2.75) is 64.3 Å². The van der Waals surface area contributed by atoms with Gasteiger partial charge in [-0.05, 0) is 85.7 Å². The van der Waals surface area contributed by atoms with Gasteiger partial charge in [-0.25, -0.2) is 9.18 Å². The minimum absolute atomic E-state index is 0.0323. The van der Waals surface area contributed by atoms with Crippen LogP contribution in [0.25, 0.3) is 22.2 Å². The van der Waals surface area contributed by atoms with Gasteiger partial charge in [-0.3, -0.25) is 38.5 Å². The SMILES string of the molecule is C[C@H](NC(=O)CCOCCOCCN1C(=O)C=CC1=O)C(=O)N[C@@H](CCCCN)C(=O)NCC(=O)Nc1ccc(COC(=O)N(C)Cc2ccc(-c3[nH]c4cc(F)cc5c4c3CCNC5=O)cc2)cc1. The Bertz CT molecular complexity index is 2570. The van der Waals surface area contributed by atoms with Gasteiger partial charge in [-0.1, -0.05) is 36.4 Å². The third-order valence-corrected chi connectivity index (χ3v) is 11.4. The van der Waals surface area contributed by atoms with Crippen molar-refractivity contribution >= 4 is 64.0 Å². The molecule has 0 saturated carbocycles. The number of aromatic amines is 1. The van der Waals surface area contributed by atoms with Crippen LogP contribution in [-0.2, 0) is 62.6 Å². The summed E-state index contributed by atoms with van der Waals surface area (Å²) >= 11 is 0. The molecule has 0 fully saturated rings. The number of benzene rings is 3. The molecule has 3 aromatic carbocycles. The second-order valence-electron chi connectivity index (χ2n) is 16.7. The number of nitrogens with one attached hydrogen (secondary N) is 6. The number of ether oxygens (including phenoxy) is 3. The first-order valence-corrected chi connectivity index (χ1v) is 23.0. The van der Waals surface area contributed by atoms with Crippen molar-refractivity contribution in [2.75, 3.05) is 65.0 Å². The highest BCUT2D eigenvalue weighted by Crippen LogP contribution is 2.35. The summed E-state index contributed by atoms with van der Waals surface area (Å²) in [7, 11) is 1.62. The average molecular weight is 968 g/mol. The molecule has 2 aliphatic rings. The zero-order chi connectivity index (χ0) is 50.2. The molecule has 6 rings (SSSR count). The van der Waals surface area contributed by atoms with Crippen LogP contribution in [0.15, 0.2) is 72.8 Å². The monoisotopic (exact) mass is 967 g/mol. The van der Waals surface area contributed by atoms with E-state index in [-0.39, 0.29) is 64.9 Å². The molecule has 2 aliphatic heterocycles. The summed E-state index contributed by atoms with van der Waals surface area (Å²) in [6, 6.07) is 14.9. The summed E-state index contributed by atoms with van der Waals surface area (Å²) in [5.74, 6) is -3.77. The Morgan fingerprint density at radius 1 is 0.857 bits per heavy atom. The molecule has 0 saturated heterocycles. The van der Waals surface area contributed by atoms with Crippen LogP contribution in [0.2, 0.25) is 0 Å². The summed E-state index contributed by atoms with van der Waals surface area (Å²) in [6.07, 6.45) is 3.73. The zero-order valence-corrected chi connectivity index (χ0v) is 39.0. The van der Waals surface area contributed by atoms with Crippen molar-refractivity contribution in [2.24, 2.45) is 5.73 Å². The number of aromatic nitrogens is 1. The van der Waals surface area contributed by atoms with Gasteiger partial charge in [-0.2, -0.15) is 0 Å². The Balaban J connectivity index is 0.876. The van der Waals surface area contributed by atoms with Gasteiger partial charge in [0.2, 0.25) is 23.6 Å². The molecule has 4 aromatic rings. The fourth-order valence-corrected chi connectivity index (χ4v) is 7.72. The van der Waals surface area contributed by atoms with E-state index in [1.54, 1.807) is 31.3 Å². The highest BCUT2D eigenvalue weighted by Gasteiger charge is 2.26. The van der Waals surface area contributed by atoms with Crippen LogP contribution in [0.4, 0.5) is 14.9 Å². The predicted molar refractivity (Wildman–Crippen MR) is 254 cm³/mol. The van der Waals surface area contributed by atoms with Gasteiger partial charge in [0, 0.05) is 61.0 Å². The number of anilines is 1. The lowest BCUT2D eigenvalue weighted by Gasteiger charge is -2.21. The standard InChI is InChI=1S/C49H58FN9O11/c1-30(54-40(60)17-21-68-23-24-69-22-20-59-42(62)14-15-43(59)63)46(64)57-38(5-3-4-18-51)48(66)53-27-41(61)55-35-12-8-32(9-13-35)29-70-49(67)58(2)28-31-6-10-33(11-7-31)45-36-16-19-52-47(65)37-25-34(50)26-39(56-45)44(36)37/h6-15,25-26,30,38,56H,3-5,16-24,27-29,51H2,1-2H3,(H,52,65)(H,53,66)(H,54,60)(H,55,61)(H,57,64)/t30-,38-/m0/s1. The Labute approximate surface area is 403 Å². The first kappa shape index (κ1) is 51.9. The van der Waals surface area contributed by atoms with E-state index >= 15 is 0 Å². The number of nitrogens with zero attached hydrogens (tertiary/aromatic N) is 2. The third kappa shape index (κ3) is 14.5. The molecule has 2 atom stereocenters. The fraction of sp³-hybridized carbons (Fsp3) is 0.388. The van der Waals surface area contributed by atoms with E-state index in [2.05, 4.69) is 31.6 Å². The van der Waals surface area contributed by atoms with Gasteiger partial charge in [0.05, 0.1) is 45.1 Å². The molecule has 20 nitrogen and oxygen atoms in total. The molecular weight excluding hydrogens is 910 g/mol. The second-order valence-corrected chi connectivity index (χ2v) is 16.7. The lowest BCUT2D eigenvalue weighted by atomic mass is 9.99. The number of unbranched alkanes of at least 4 members (excludes halogenated alkanes) is 1. The first-order chi connectivity index (χ1) is 33.7. The molecule has 8 amide bonds. The summed E-state index contributed by atoms with van der Waals surface area (Å²) in [5, 5.41) is 14.0. The molecule has 0 spiro atoms. The summed E-state index contributed by atoms with van der Waals surface area (Å²) < 4.78 is 30.6. The van der Waals surface area contributed by atoms with Gasteiger partial charge in [0.15, 0.2) is 0 Å². The van der Waals surface area contributed by atoms with Crippen molar-refractivity contribution in [3.05, 3.63) is 101 Å². The topological polar surface area (TPSA) is 273 Å². The number of halogens is 1. The van der Waals surface area contributed by atoms with Crippen LogP contribution in [0.3, 0.4) is 0 Å². The maximum Gasteiger partial charge on any atom is 0.410 e. The van der Waals surface area contributed by atoms with Gasteiger partial charge in [0.25, 0.3) is 17.7 Å². The van der Waals surface area contributed by atoms with Gasteiger partial charge in [0.1, 0.15) is 24.5 Å². The summed E-state index contributed by atoms with van der Waals surface area (Å²) in [5.41, 5.74) is 11.0. The van der Waals surface area contributed by atoms with E-state index in [4.69, 9.17) is 19.9 Å². The third-order valence-electron chi connectivity index (χ3n) is 11.4. The van der Waals surface area contributed by atoms with Crippen LogP contribution in [-0.4, -0.2) is 134 Å². The molecule has 21 heteroatoms. The molecule has 1 aromatic heterocycles. The van der Waals surface area contributed by atoms with Crippen LogP contribution >= 0.6 is 0 Å². The van der Waals surface area contributed by atoms with Crippen molar-refractivity contribution in [1.29, 1.82) is 0 Å². The Morgan fingerprint density at radius 3 is 2.27 bits per heavy atom. The van der Waals surface area contributed by atoms with Crippen LogP contribution in [0.5, 0.6) is 0 Å². The lowest BCUT2D eigenvalue weighted by Crippen LogP contribution is -2.53. The number of hydrogen-bond acceptors (Lipinski definition) is 12. The van der Waals surface area contributed by atoms with E-state index in [0.29, 0.717) is 60.1 Å². The molecule has 3 heterocycles. The van der Waals surface area contributed by atoms with Gasteiger partial charge in [-0.15, -0.1) is 0 Å². The van der Waals surface area contributed by atoms with E-state index in [1.807, 2.05) is 24.3 Å². The normalized spacial score (nSPS) is 13.9. The largest absolute Gasteiger partial charge is 0.445 e. The Hall–Kier alpha value is -7.49. The molecular formula is C49H58FN9O11. The zero-order valence-electron chi connectivity index (χ0n) is 39.0. The minimum atomic E-state index is -1.00. The van der Waals surface area contributed by atoms with E-state index < -0.39 is 66.0 Å². The number of carbonyl (C=O) groups excluding carboxylic acids is 8. The average Bonchev–Trinajstić information content (AvgIpc) is 3.81. The maximum atomic E-state index is 14.3. The number of carbonyl (C=O) groups is 8. The fourth-order valence-electron chi connectivity index (χ4n) is 7.72. The van der Waals surface area contributed by atoms with Crippen molar-refractivity contribution in [1.82, 2.24) is 36.1 Å². The highest BCUT2D eigenvalue weighted by atomic mass is 19.1. The van der Waals surface area contributed by atoms with E-state index in [0.717, 1.165) is 27.3 Å². The van der Waals surface area contributed by atoms with Crippen molar-refractivity contribution in [3.63, 3.8) is 0 Å². The van der Waals surface area contributed by atoms with Crippen LogP contribution in [0, 0.1) is 5.82 Å². The van der Waals surface area contributed by atoms with Crippen LogP contribution < -0.4 is 32.3 Å². The first-order valence-electron chi connectivity index (χ1n) is 23.0. The number of rotatable bonds is 25. The molecule has 70 heavy (non-hydrogen) atoms. The lowest BCUT2D eigenvalue weighted by molar-refractivity contribution is -0.137. The minimum Gasteiger partial charge on any atom is -0.445 e. The number of imide groups is 1. The predicted octanol–water partition coefficient (Wildman–Crippen LogP) is 2.55. The molecule has 0 bridgehead atoms. The Kier molecular flexibility index (Phi) is 18.7. The summed E-state index contributed by atoms with van der Waals surface area (Å²) in [6.45, 7) is 2.77. The number of H-pyrrole nitrogens is 1. The van der Waals surface area contributed by atoms with E-state index in [1.165, 1.54) is 36.1 Å². The molecule has 372 valence electrons. The maximum absolute atomic E-state index is 14.3. The quantitative estimate of drug-likeness (QED) is 0.0373. The number of nitrogens with two attached hydrogens (primary N) is 1. The smallest absolute Gasteiger partial charge is 0.410 e. The highest BCUT2D eigenvalue weighted by molar-refractivity contribution is 6.13. The van der Waals surface area contributed by atoms with Gasteiger partial charge < -0.3 is 56.4 Å². The van der Waals surface area contributed by atoms with Crippen LogP contribution in [0.1, 0.15) is 59.7 Å². The second kappa shape index (κ2) is 25.2. The van der Waals surface area contributed by atoms with E-state index in [9.17, 15) is 42.7 Å². The number of amides is 8. The molecule has 0 unspecified atom stereocenters.